The van der Waals surface area contributed by atoms with Gasteiger partial charge in [-0.3, -0.25) is 18.3 Å². The monoisotopic (exact) mass is 497 g/mol. The molecule has 0 amide bonds. The summed E-state index contributed by atoms with van der Waals surface area (Å²) >= 11 is 1.46. The van der Waals surface area contributed by atoms with Gasteiger partial charge in [0, 0.05) is 17.8 Å². The highest BCUT2D eigenvalue weighted by Gasteiger charge is 2.19. The van der Waals surface area contributed by atoms with Crippen molar-refractivity contribution in [2.24, 2.45) is 0 Å². The maximum atomic E-state index is 13.5. The van der Waals surface area contributed by atoms with Crippen LogP contribution in [0.4, 0.5) is 4.39 Å². The highest BCUT2D eigenvalue weighted by molar-refractivity contribution is 7.98. The van der Waals surface area contributed by atoms with E-state index in [0.717, 1.165) is 16.8 Å². The Labute approximate surface area is 209 Å². The number of benzene rings is 3. The maximum absolute atomic E-state index is 13.5. The van der Waals surface area contributed by atoms with Gasteiger partial charge in [-0.15, -0.1) is 20.4 Å². The molecule has 6 rings (SSSR count). The quantitative estimate of drug-likeness (QED) is 0.309. The number of nitrogens with zero attached hydrogens (tertiary/aromatic N) is 7. The molecule has 0 radical (unpaired) electrons. The van der Waals surface area contributed by atoms with Crippen LogP contribution in [-0.2, 0) is 12.3 Å². The van der Waals surface area contributed by atoms with Crippen molar-refractivity contribution in [3.05, 3.63) is 101 Å². The number of thioether (sulfide) groups is 1. The van der Waals surface area contributed by atoms with Gasteiger partial charge in [-0.25, -0.2) is 4.39 Å². The molecular formula is C26H20FN7OS. The molecule has 36 heavy (non-hydrogen) atoms. The molecule has 0 bridgehead atoms. The van der Waals surface area contributed by atoms with Crippen LogP contribution in [0.25, 0.3) is 33.8 Å². The molecule has 0 fully saturated rings. The van der Waals surface area contributed by atoms with E-state index in [-0.39, 0.29) is 11.4 Å². The summed E-state index contributed by atoms with van der Waals surface area (Å²) in [6, 6.07) is 23.5. The largest absolute Gasteiger partial charge is 0.277 e. The zero-order valence-corrected chi connectivity index (χ0v) is 20.1. The highest BCUT2D eigenvalue weighted by Crippen LogP contribution is 2.30. The Kier molecular flexibility index (Phi) is 5.57. The topological polar surface area (TPSA) is 82.9 Å². The molecule has 0 N–H and O–H groups in total. The number of aromatic nitrogens is 7. The van der Waals surface area contributed by atoms with Gasteiger partial charge in [0.05, 0.1) is 16.7 Å². The molecule has 0 aliphatic carbocycles. The van der Waals surface area contributed by atoms with E-state index in [1.54, 1.807) is 16.7 Å². The minimum absolute atomic E-state index is 0.0834. The third-order valence-corrected chi connectivity index (χ3v) is 6.90. The fraction of sp³-hybridized carbons (Fsp3) is 0.115. The molecule has 0 saturated heterocycles. The number of fused-ring (bicyclic) bond motifs is 3. The van der Waals surface area contributed by atoms with Crippen molar-refractivity contribution in [1.82, 2.24) is 33.9 Å². The SMILES string of the molecule is CCn1c(=O)c2ccccc2n2c(CSc3nnc(-c4ccc(F)cc4)n3-c3ccccc3)nnc12. The molecule has 0 saturated carbocycles. The molecule has 8 nitrogen and oxygen atoms in total. The van der Waals surface area contributed by atoms with Crippen molar-refractivity contribution in [1.29, 1.82) is 0 Å². The smallest absolute Gasteiger partial charge is 0.262 e. The lowest BCUT2D eigenvalue weighted by Gasteiger charge is -2.11. The first-order chi connectivity index (χ1) is 17.7. The summed E-state index contributed by atoms with van der Waals surface area (Å²) in [4.78, 5) is 13.0. The fourth-order valence-corrected chi connectivity index (χ4v) is 5.15. The molecule has 0 aliphatic heterocycles. The third kappa shape index (κ3) is 3.66. The van der Waals surface area contributed by atoms with Crippen LogP contribution >= 0.6 is 11.8 Å². The molecule has 3 aromatic heterocycles. The van der Waals surface area contributed by atoms with Crippen LogP contribution in [0.1, 0.15) is 12.7 Å². The van der Waals surface area contributed by atoms with Crippen LogP contribution in [0.15, 0.2) is 88.8 Å². The van der Waals surface area contributed by atoms with Crippen molar-refractivity contribution in [3.8, 4) is 17.1 Å². The number of hydrogen-bond donors (Lipinski definition) is 0. The van der Waals surface area contributed by atoms with E-state index in [9.17, 15) is 9.18 Å². The van der Waals surface area contributed by atoms with E-state index in [0.29, 0.717) is 40.3 Å². The lowest BCUT2D eigenvalue weighted by atomic mass is 10.2. The predicted octanol–water partition coefficient (Wildman–Crippen LogP) is 4.74. The van der Waals surface area contributed by atoms with E-state index >= 15 is 0 Å². The van der Waals surface area contributed by atoms with Crippen molar-refractivity contribution in [2.45, 2.75) is 24.4 Å². The molecule has 10 heteroatoms. The maximum Gasteiger partial charge on any atom is 0.262 e. The molecule has 3 aromatic carbocycles. The molecular weight excluding hydrogens is 477 g/mol. The standard InChI is InChI=1S/C26H20FN7OS/c1-2-32-24(35)20-10-6-7-11-21(20)34-22(28-30-25(32)34)16-36-26-31-29-23(17-12-14-18(27)15-13-17)33(26)19-8-4-3-5-9-19/h3-15H,2,16H2,1H3. The Morgan fingerprint density at radius 2 is 1.61 bits per heavy atom. The second kappa shape index (κ2) is 9.04. The Balaban J connectivity index is 1.44. The minimum Gasteiger partial charge on any atom is -0.277 e. The number of rotatable bonds is 6. The van der Waals surface area contributed by atoms with Crippen LogP contribution in [0.2, 0.25) is 0 Å². The van der Waals surface area contributed by atoms with Gasteiger partial charge in [-0.1, -0.05) is 42.1 Å². The lowest BCUT2D eigenvalue weighted by Crippen LogP contribution is -2.22. The second-order valence-electron chi connectivity index (χ2n) is 8.09. The summed E-state index contributed by atoms with van der Waals surface area (Å²) in [7, 11) is 0. The first-order valence-electron chi connectivity index (χ1n) is 11.4. The van der Waals surface area contributed by atoms with E-state index in [1.165, 1.54) is 23.9 Å². The number of hydrogen-bond acceptors (Lipinski definition) is 6. The minimum atomic E-state index is -0.310. The first kappa shape index (κ1) is 22.2. The van der Waals surface area contributed by atoms with Gasteiger partial charge in [0.25, 0.3) is 5.56 Å². The predicted molar refractivity (Wildman–Crippen MR) is 137 cm³/mol. The highest BCUT2D eigenvalue weighted by atomic mass is 32.2. The van der Waals surface area contributed by atoms with Crippen LogP contribution < -0.4 is 5.56 Å². The number of halogens is 1. The fourth-order valence-electron chi connectivity index (χ4n) is 4.28. The van der Waals surface area contributed by atoms with E-state index in [2.05, 4.69) is 20.4 Å². The summed E-state index contributed by atoms with van der Waals surface area (Å²) in [6.07, 6.45) is 0. The molecule has 6 aromatic rings. The summed E-state index contributed by atoms with van der Waals surface area (Å²) in [5, 5.41) is 18.9. The summed E-state index contributed by atoms with van der Waals surface area (Å²) < 4.78 is 19.0. The average molecular weight is 498 g/mol. The first-order valence-corrected chi connectivity index (χ1v) is 12.4. The average Bonchev–Trinajstić information content (AvgIpc) is 3.53. The van der Waals surface area contributed by atoms with Gasteiger partial charge in [0.2, 0.25) is 5.78 Å². The normalized spacial score (nSPS) is 11.5. The zero-order chi connectivity index (χ0) is 24.6. The Bertz CT molecular complexity index is 1760. The summed E-state index contributed by atoms with van der Waals surface area (Å²) in [5.41, 5.74) is 2.32. The van der Waals surface area contributed by atoms with Crippen LogP contribution in [-0.4, -0.2) is 33.9 Å². The van der Waals surface area contributed by atoms with Gasteiger partial charge in [-0.05, 0) is 55.5 Å². The van der Waals surface area contributed by atoms with Gasteiger partial charge in [-0.2, -0.15) is 0 Å². The molecule has 178 valence electrons. The second-order valence-corrected chi connectivity index (χ2v) is 9.03. The lowest BCUT2D eigenvalue weighted by molar-refractivity contribution is 0.628. The Morgan fingerprint density at radius 1 is 0.861 bits per heavy atom. The van der Waals surface area contributed by atoms with Crippen molar-refractivity contribution in [3.63, 3.8) is 0 Å². The van der Waals surface area contributed by atoms with Crippen LogP contribution in [0, 0.1) is 5.82 Å². The van der Waals surface area contributed by atoms with Crippen LogP contribution in [0.5, 0.6) is 0 Å². The Hall–Kier alpha value is -4.31. The molecule has 0 atom stereocenters. The number of aryl methyl sites for hydroxylation is 1. The van der Waals surface area contributed by atoms with Gasteiger partial charge in [0.1, 0.15) is 11.6 Å². The number of para-hydroxylation sites is 2. The Morgan fingerprint density at radius 3 is 2.39 bits per heavy atom. The van der Waals surface area contributed by atoms with E-state index < -0.39 is 0 Å². The zero-order valence-electron chi connectivity index (χ0n) is 19.2. The molecule has 0 aliphatic rings. The summed E-state index contributed by atoms with van der Waals surface area (Å²) in [5.74, 6) is 1.95. The van der Waals surface area contributed by atoms with Crippen molar-refractivity contribution < 1.29 is 4.39 Å². The van der Waals surface area contributed by atoms with Gasteiger partial charge in [0.15, 0.2) is 11.0 Å². The van der Waals surface area contributed by atoms with E-state index in [1.807, 2.05) is 70.5 Å². The van der Waals surface area contributed by atoms with Crippen molar-refractivity contribution in [2.75, 3.05) is 0 Å². The van der Waals surface area contributed by atoms with Crippen LogP contribution in [0.3, 0.4) is 0 Å². The molecule has 0 unspecified atom stereocenters. The summed E-state index contributed by atoms with van der Waals surface area (Å²) in [6.45, 7) is 2.40. The van der Waals surface area contributed by atoms with E-state index in [4.69, 9.17) is 0 Å². The molecule has 0 spiro atoms. The van der Waals surface area contributed by atoms with Crippen molar-refractivity contribution >= 4 is 28.4 Å². The molecule has 3 heterocycles. The van der Waals surface area contributed by atoms with Gasteiger partial charge >= 0.3 is 0 Å². The third-order valence-electron chi connectivity index (χ3n) is 5.97. The van der Waals surface area contributed by atoms with Gasteiger partial charge < -0.3 is 0 Å².